The molecule has 1 aliphatic heterocycles. The summed E-state index contributed by atoms with van der Waals surface area (Å²) in [6.07, 6.45) is 0.427. The standard InChI is InChI=1S/C28H39FN6O/c1-20(31)32-16-25(36)35(18-23(29)15-30)26(28(2,3)4)27-33-24(22-13-9-6-10-14-22)19-34(27)17-21-11-7-5-8-12-21/h5-14,19,23,26-27,33H,15-18,30H2,1-4H3,(H2,31,32)/t23-,26+,27?/m1/s1. The summed E-state index contributed by atoms with van der Waals surface area (Å²) in [6, 6.07) is 19.8. The fourth-order valence-corrected chi connectivity index (χ4v) is 4.55. The third-order valence-electron chi connectivity index (χ3n) is 6.21. The Kier molecular flexibility index (Phi) is 9.09. The molecule has 2 aromatic rings. The Morgan fingerprint density at radius 2 is 1.75 bits per heavy atom. The minimum absolute atomic E-state index is 0.117. The molecule has 1 aliphatic rings. The number of benzene rings is 2. The minimum Gasteiger partial charge on any atom is -0.388 e. The number of carbonyl (C=O) groups excluding carboxylic acids is 1. The number of rotatable bonds is 10. The van der Waals surface area contributed by atoms with Crippen LogP contribution < -0.4 is 16.8 Å². The number of aliphatic imine (C=N–C) groups is 1. The van der Waals surface area contributed by atoms with Crippen LogP contribution in [0.3, 0.4) is 0 Å². The first-order valence-corrected chi connectivity index (χ1v) is 12.3. The SMILES string of the molecule is CC(N)=NCC(=O)N(C[C@H](F)CN)[C@@H](C1NC(c2ccccc2)=CN1Cc1ccccc1)C(C)(C)C. The number of amidine groups is 1. The van der Waals surface area contributed by atoms with Crippen molar-refractivity contribution >= 4 is 17.4 Å². The summed E-state index contributed by atoms with van der Waals surface area (Å²) in [5.41, 5.74) is 14.1. The lowest BCUT2D eigenvalue weighted by Crippen LogP contribution is -2.62. The average Bonchev–Trinajstić information content (AvgIpc) is 3.25. The molecule has 194 valence electrons. The van der Waals surface area contributed by atoms with Crippen molar-refractivity contribution in [3.63, 3.8) is 0 Å². The molecule has 5 N–H and O–H groups in total. The second-order valence-corrected chi connectivity index (χ2v) is 10.3. The molecule has 3 rings (SSSR count). The highest BCUT2D eigenvalue weighted by Gasteiger charge is 2.44. The quantitative estimate of drug-likeness (QED) is 0.348. The highest BCUT2D eigenvalue weighted by atomic mass is 19.1. The Hall–Kier alpha value is -3.39. The zero-order valence-corrected chi connectivity index (χ0v) is 21.7. The third kappa shape index (κ3) is 7.07. The second kappa shape index (κ2) is 12.0. The Morgan fingerprint density at radius 3 is 2.31 bits per heavy atom. The molecule has 0 aliphatic carbocycles. The first-order valence-electron chi connectivity index (χ1n) is 12.3. The van der Waals surface area contributed by atoms with Crippen molar-refractivity contribution in [2.45, 2.75) is 52.6 Å². The maximum atomic E-state index is 14.7. The number of carbonyl (C=O) groups is 1. The van der Waals surface area contributed by atoms with Gasteiger partial charge in [-0.2, -0.15) is 0 Å². The number of alkyl halides is 1. The largest absolute Gasteiger partial charge is 0.388 e. The zero-order chi connectivity index (χ0) is 26.3. The van der Waals surface area contributed by atoms with Crippen molar-refractivity contribution in [1.29, 1.82) is 0 Å². The third-order valence-corrected chi connectivity index (χ3v) is 6.21. The second-order valence-electron chi connectivity index (χ2n) is 10.3. The zero-order valence-electron chi connectivity index (χ0n) is 21.7. The van der Waals surface area contributed by atoms with Crippen LogP contribution >= 0.6 is 0 Å². The Labute approximate surface area is 214 Å². The van der Waals surface area contributed by atoms with Crippen LogP contribution in [0.25, 0.3) is 5.70 Å². The molecule has 2 aromatic carbocycles. The van der Waals surface area contributed by atoms with Crippen molar-refractivity contribution in [3.05, 3.63) is 78.0 Å². The van der Waals surface area contributed by atoms with Crippen LogP contribution in [0.4, 0.5) is 4.39 Å². The monoisotopic (exact) mass is 494 g/mol. The molecule has 1 heterocycles. The molecule has 1 amide bonds. The lowest BCUT2D eigenvalue weighted by atomic mass is 9.82. The Balaban J connectivity index is 2.04. The number of amides is 1. The van der Waals surface area contributed by atoms with Gasteiger partial charge in [0.25, 0.3) is 0 Å². The van der Waals surface area contributed by atoms with Crippen LogP contribution in [-0.4, -0.2) is 59.6 Å². The van der Waals surface area contributed by atoms with Crippen LogP contribution in [-0.2, 0) is 11.3 Å². The van der Waals surface area contributed by atoms with Gasteiger partial charge in [0, 0.05) is 19.3 Å². The lowest BCUT2D eigenvalue weighted by Gasteiger charge is -2.46. The number of nitrogens with one attached hydrogen (secondary N) is 1. The number of nitrogens with zero attached hydrogens (tertiary/aromatic N) is 3. The molecule has 8 heteroatoms. The summed E-state index contributed by atoms with van der Waals surface area (Å²) in [7, 11) is 0. The van der Waals surface area contributed by atoms with Crippen LogP contribution in [0.15, 0.2) is 71.9 Å². The molecule has 0 fully saturated rings. The van der Waals surface area contributed by atoms with Gasteiger partial charge in [0.15, 0.2) is 0 Å². The molecule has 7 nitrogen and oxygen atoms in total. The van der Waals surface area contributed by atoms with Crippen molar-refractivity contribution in [2.75, 3.05) is 19.6 Å². The minimum atomic E-state index is -1.35. The lowest BCUT2D eigenvalue weighted by molar-refractivity contribution is -0.138. The van der Waals surface area contributed by atoms with Gasteiger partial charge in [-0.15, -0.1) is 0 Å². The highest BCUT2D eigenvalue weighted by Crippen LogP contribution is 2.34. The fraction of sp³-hybridized carbons (Fsp3) is 0.429. The summed E-state index contributed by atoms with van der Waals surface area (Å²) in [5, 5.41) is 3.65. The van der Waals surface area contributed by atoms with Crippen LogP contribution in [0, 0.1) is 5.41 Å². The van der Waals surface area contributed by atoms with Gasteiger partial charge in [-0.25, -0.2) is 4.39 Å². The van der Waals surface area contributed by atoms with Crippen LogP contribution in [0.1, 0.15) is 38.8 Å². The number of hydrogen-bond donors (Lipinski definition) is 3. The van der Waals surface area contributed by atoms with E-state index in [-0.39, 0.29) is 31.7 Å². The van der Waals surface area contributed by atoms with Crippen molar-refractivity contribution in [1.82, 2.24) is 15.1 Å². The van der Waals surface area contributed by atoms with E-state index < -0.39 is 17.6 Å². The molecule has 0 bridgehead atoms. The first kappa shape index (κ1) is 27.2. The van der Waals surface area contributed by atoms with Gasteiger partial charge in [0.05, 0.1) is 24.1 Å². The van der Waals surface area contributed by atoms with Crippen LogP contribution in [0.2, 0.25) is 0 Å². The smallest absolute Gasteiger partial charge is 0.244 e. The van der Waals surface area contributed by atoms with Crippen molar-refractivity contribution in [2.24, 2.45) is 21.9 Å². The maximum absolute atomic E-state index is 14.7. The van der Waals surface area contributed by atoms with Gasteiger partial charge >= 0.3 is 0 Å². The molecule has 3 atom stereocenters. The normalized spacial score (nSPS) is 17.8. The van der Waals surface area contributed by atoms with Crippen LogP contribution in [0.5, 0.6) is 0 Å². The molecular weight excluding hydrogens is 455 g/mol. The van der Waals surface area contributed by atoms with Gasteiger partial charge in [0.1, 0.15) is 18.9 Å². The van der Waals surface area contributed by atoms with Crippen molar-refractivity contribution in [3.8, 4) is 0 Å². The Bertz CT molecular complexity index is 1050. The first-order chi connectivity index (χ1) is 17.1. The number of hydrogen-bond acceptors (Lipinski definition) is 5. The molecular formula is C28H39FN6O. The summed E-state index contributed by atoms with van der Waals surface area (Å²) < 4.78 is 14.7. The van der Waals surface area contributed by atoms with E-state index in [1.54, 1.807) is 11.8 Å². The van der Waals surface area contributed by atoms with Gasteiger partial charge in [-0.05, 0) is 23.5 Å². The van der Waals surface area contributed by atoms with E-state index in [0.29, 0.717) is 12.4 Å². The average molecular weight is 495 g/mol. The predicted molar refractivity (Wildman–Crippen MR) is 144 cm³/mol. The Morgan fingerprint density at radius 1 is 1.14 bits per heavy atom. The molecule has 36 heavy (non-hydrogen) atoms. The van der Waals surface area contributed by atoms with E-state index in [0.717, 1.165) is 16.8 Å². The van der Waals surface area contributed by atoms with Gasteiger partial charge in [0.2, 0.25) is 5.91 Å². The number of nitrogens with two attached hydrogens (primary N) is 2. The van der Waals surface area contributed by atoms with Gasteiger partial charge in [-0.3, -0.25) is 9.79 Å². The van der Waals surface area contributed by atoms with Gasteiger partial charge in [-0.1, -0.05) is 81.4 Å². The predicted octanol–water partition coefficient (Wildman–Crippen LogP) is 3.33. The highest BCUT2D eigenvalue weighted by molar-refractivity contribution is 5.84. The van der Waals surface area contributed by atoms with E-state index in [1.165, 1.54) is 0 Å². The van der Waals surface area contributed by atoms with Gasteiger partial charge < -0.3 is 26.6 Å². The topological polar surface area (TPSA) is 100.0 Å². The van der Waals surface area contributed by atoms with E-state index in [9.17, 15) is 9.18 Å². The summed E-state index contributed by atoms with van der Waals surface area (Å²) >= 11 is 0. The summed E-state index contributed by atoms with van der Waals surface area (Å²) in [5.74, 6) is 0.0226. The molecule has 0 saturated carbocycles. The molecule has 0 saturated heterocycles. The molecule has 1 unspecified atom stereocenters. The fourth-order valence-electron chi connectivity index (χ4n) is 4.55. The molecule has 0 radical (unpaired) electrons. The van der Waals surface area contributed by atoms with E-state index in [4.69, 9.17) is 11.5 Å². The summed E-state index contributed by atoms with van der Waals surface area (Å²) in [4.78, 5) is 21.4. The number of halogens is 1. The molecule has 0 spiro atoms. The summed E-state index contributed by atoms with van der Waals surface area (Å²) in [6.45, 7) is 8.02. The van der Waals surface area contributed by atoms with E-state index in [2.05, 4.69) is 54.3 Å². The van der Waals surface area contributed by atoms with E-state index >= 15 is 0 Å². The van der Waals surface area contributed by atoms with Crippen molar-refractivity contribution < 1.29 is 9.18 Å². The molecule has 0 aromatic heterocycles. The maximum Gasteiger partial charge on any atom is 0.244 e. The van der Waals surface area contributed by atoms with E-state index in [1.807, 2.05) is 48.5 Å².